The number of pyridine rings is 1. The number of halogens is 1. The Balaban J connectivity index is 1.76. The summed E-state index contributed by atoms with van der Waals surface area (Å²) in [6, 6.07) is 9.51. The number of aryl methyl sites for hydroxylation is 1. The molecule has 0 atom stereocenters. The average Bonchev–Trinajstić information content (AvgIpc) is 3.15. The van der Waals surface area contributed by atoms with Crippen LogP contribution in [0.15, 0.2) is 36.5 Å². The summed E-state index contributed by atoms with van der Waals surface area (Å²) >= 11 is 6.02. The number of amides is 1. The van der Waals surface area contributed by atoms with Gasteiger partial charge in [0.1, 0.15) is 6.61 Å². The Labute approximate surface area is 165 Å². The molecule has 1 fully saturated rings. The molecule has 27 heavy (non-hydrogen) atoms. The van der Waals surface area contributed by atoms with E-state index in [1.807, 2.05) is 37.3 Å². The van der Waals surface area contributed by atoms with Crippen LogP contribution in [0.2, 0.25) is 5.02 Å². The van der Waals surface area contributed by atoms with Crippen LogP contribution < -0.4 is 10.1 Å². The summed E-state index contributed by atoms with van der Waals surface area (Å²) in [4.78, 5) is 17.5. The van der Waals surface area contributed by atoms with Gasteiger partial charge in [-0.15, -0.1) is 0 Å². The lowest BCUT2D eigenvalue weighted by atomic mass is 9.78. The second-order valence-corrected chi connectivity index (χ2v) is 7.37. The number of anilines is 1. The van der Waals surface area contributed by atoms with Gasteiger partial charge in [0.25, 0.3) is 0 Å². The summed E-state index contributed by atoms with van der Waals surface area (Å²) in [5.41, 5.74) is 2.06. The summed E-state index contributed by atoms with van der Waals surface area (Å²) < 4.78 is 10.6. The van der Waals surface area contributed by atoms with Crippen LogP contribution in [0.1, 0.15) is 36.8 Å². The lowest BCUT2D eigenvalue weighted by Crippen LogP contribution is -2.38. The summed E-state index contributed by atoms with van der Waals surface area (Å²) in [5, 5.41) is 3.74. The van der Waals surface area contributed by atoms with Crippen molar-refractivity contribution in [1.29, 1.82) is 0 Å². The maximum Gasteiger partial charge on any atom is 0.235 e. The van der Waals surface area contributed by atoms with Crippen LogP contribution in [0.5, 0.6) is 5.88 Å². The zero-order valence-electron chi connectivity index (χ0n) is 15.8. The van der Waals surface area contributed by atoms with Crippen molar-refractivity contribution in [3.05, 3.63) is 52.7 Å². The molecule has 1 aliphatic carbocycles. The van der Waals surface area contributed by atoms with Gasteiger partial charge in [-0.25, -0.2) is 4.98 Å². The van der Waals surface area contributed by atoms with E-state index in [2.05, 4.69) is 10.3 Å². The fourth-order valence-corrected chi connectivity index (χ4v) is 3.77. The SMILES string of the molecule is COCCOc1ncc(NC(=O)C2(c3ccc(Cl)cc3)CCCC2)cc1C. The molecule has 0 unspecified atom stereocenters. The van der Waals surface area contributed by atoms with Crippen LogP contribution >= 0.6 is 11.6 Å². The van der Waals surface area contributed by atoms with Gasteiger partial charge >= 0.3 is 0 Å². The average molecular weight is 389 g/mol. The van der Waals surface area contributed by atoms with E-state index >= 15 is 0 Å². The highest BCUT2D eigenvalue weighted by molar-refractivity contribution is 6.30. The molecular formula is C21H25ClN2O3. The number of carbonyl (C=O) groups excluding carboxylic acids is 1. The molecule has 1 saturated carbocycles. The molecule has 1 N–H and O–H groups in total. The summed E-state index contributed by atoms with van der Waals surface area (Å²) in [5.74, 6) is 0.565. The van der Waals surface area contributed by atoms with Gasteiger partial charge in [0.15, 0.2) is 0 Å². The Morgan fingerprint density at radius 2 is 1.93 bits per heavy atom. The molecule has 0 saturated heterocycles. The first-order valence-corrected chi connectivity index (χ1v) is 9.59. The van der Waals surface area contributed by atoms with Gasteiger partial charge in [-0.3, -0.25) is 4.79 Å². The maximum absolute atomic E-state index is 13.2. The van der Waals surface area contributed by atoms with E-state index in [0.717, 1.165) is 36.8 Å². The second kappa shape index (κ2) is 8.72. The topological polar surface area (TPSA) is 60.5 Å². The van der Waals surface area contributed by atoms with E-state index in [0.29, 0.717) is 29.8 Å². The van der Waals surface area contributed by atoms with Crippen molar-refractivity contribution in [2.24, 2.45) is 0 Å². The molecule has 6 heteroatoms. The molecule has 1 amide bonds. The van der Waals surface area contributed by atoms with Gasteiger partial charge in [0.2, 0.25) is 11.8 Å². The van der Waals surface area contributed by atoms with Crippen LogP contribution in [0.3, 0.4) is 0 Å². The van der Waals surface area contributed by atoms with Gasteiger partial charge < -0.3 is 14.8 Å². The first-order valence-electron chi connectivity index (χ1n) is 9.21. The minimum absolute atomic E-state index is 0.0107. The van der Waals surface area contributed by atoms with E-state index in [-0.39, 0.29) is 5.91 Å². The first kappa shape index (κ1) is 19.6. The van der Waals surface area contributed by atoms with Gasteiger partial charge in [-0.2, -0.15) is 0 Å². The monoisotopic (exact) mass is 388 g/mol. The largest absolute Gasteiger partial charge is 0.475 e. The molecule has 2 aromatic rings. The zero-order chi connectivity index (χ0) is 19.3. The fourth-order valence-electron chi connectivity index (χ4n) is 3.65. The van der Waals surface area contributed by atoms with E-state index in [1.54, 1.807) is 13.3 Å². The molecular weight excluding hydrogens is 364 g/mol. The highest BCUT2D eigenvalue weighted by atomic mass is 35.5. The Morgan fingerprint density at radius 1 is 1.22 bits per heavy atom. The normalized spacial score (nSPS) is 15.5. The Morgan fingerprint density at radius 3 is 2.56 bits per heavy atom. The molecule has 5 nitrogen and oxygen atoms in total. The number of aromatic nitrogens is 1. The molecule has 0 bridgehead atoms. The molecule has 0 spiro atoms. The number of methoxy groups -OCH3 is 1. The molecule has 1 aromatic carbocycles. The van der Waals surface area contributed by atoms with E-state index in [9.17, 15) is 4.79 Å². The number of carbonyl (C=O) groups is 1. The minimum Gasteiger partial charge on any atom is -0.475 e. The number of hydrogen-bond acceptors (Lipinski definition) is 4. The van der Waals surface area contributed by atoms with Crippen molar-refractivity contribution in [2.45, 2.75) is 38.0 Å². The number of nitrogens with one attached hydrogen (secondary N) is 1. The quantitative estimate of drug-likeness (QED) is 0.708. The van der Waals surface area contributed by atoms with Crippen molar-refractivity contribution in [3.8, 4) is 5.88 Å². The van der Waals surface area contributed by atoms with E-state index in [1.165, 1.54) is 0 Å². The first-order chi connectivity index (χ1) is 13.0. The Kier molecular flexibility index (Phi) is 6.34. The van der Waals surface area contributed by atoms with Crippen molar-refractivity contribution < 1.29 is 14.3 Å². The van der Waals surface area contributed by atoms with E-state index < -0.39 is 5.41 Å². The number of nitrogens with zero attached hydrogens (tertiary/aromatic N) is 1. The Hall–Kier alpha value is -2.11. The summed E-state index contributed by atoms with van der Waals surface area (Å²) in [6.45, 7) is 2.86. The van der Waals surface area contributed by atoms with Gasteiger partial charge in [-0.05, 0) is 43.5 Å². The second-order valence-electron chi connectivity index (χ2n) is 6.94. The molecule has 1 aromatic heterocycles. The molecule has 144 valence electrons. The van der Waals surface area contributed by atoms with E-state index in [4.69, 9.17) is 21.1 Å². The van der Waals surface area contributed by atoms with Crippen LogP contribution in [0.25, 0.3) is 0 Å². The third-order valence-corrected chi connectivity index (χ3v) is 5.35. The van der Waals surface area contributed by atoms with Gasteiger partial charge in [0, 0.05) is 17.7 Å². The van der Waals surface area contributed by atoms with Crippen LogP contribution in [-0.2, 0) is 14.9 Å². The van der Waals surface area contributed by atoms with Crippen LogP contribution in [0.4, 0.5) is 5.69 Å². The predicted molar refractivity (Wildman–Crippen MR) is 107 cm³/mol. The third kappa shape index (κ3) is 4.42. The minimum atomic E-state index is -0.508. The molecule has 1 heterocycles. The van der Waals surface area contributed by atoms with Crippen molar-refractivity contribution >= 4 is 23.2 Å². The smallest absolute Gasteiger partial charge is 0.235 e. The third-order valence-electron chi connectivity index (χ3n) is 5.10. The van der Waals surface area contributed by atoms with Crippen molar-refractivity contribution in [3.63, 3.8) is 0 Å². The van der Waals surface area contributed by atoms with Gasteiger partial charge in [0.05, 0.1) is 23.9 Å². The molecule has 3 rings (SSSR count). The maximum atomic E-state index is 13.2. The number of ether oxygens (including phenoxy) is 2. The van der Waals surface area contributed by atoms with Crippen LogP contribution in [-0.4, -0.2) is 31.2 Å². The summed E-state index contributed by atoms with van der Waals surface area (Å²) in [7, 11) is 1.63. The number of benzene rings is 1. The molecule has 0 radical (unpaired) electrons. The fraction of sp³-hybridized carbons (Fsp3) is 0.429. The molecule has 1 aliphatic rings. The lowest BCUT2D eigenvalue weighted by Gasteiger charge is -2.28. The number of rotatable bonds is 7. The standard InChI is InChI=1S/C21H25ClN2O3/c1-15-13-18(14-23-19(15)27-12-11-26-2)24-20(25)21(9-3-4-10-21)16-5-7-17(22)8-6-16/h5-8,13-14H,3-4,9-12H2,1-2H3,(H,24,25). The lowest BCUT2D eigenvalue weighted by molar-refractivity contribution is -0.121. The van der Waals surface area contributed by atoms with Gasteiger partial charge in [-0.1, -0.05) is 36.6 Å². The predicted octanol–water partition coefficient (Wildman–Crippen LogP) is 4.52. The highest BCUT2D eigenvalue weighted by Gasteiger charge is 2.42. The van der Waals surface area contributed by atoms with Crippen molar-refractivity contribution in [1.82, 2.24) is 4.98 Å². The summed E-state index contributed by atoms with van der Waals surface area (Å²) in [6.07, 6.45) is 5.40. The highest BCUT2D eigenvalue weighted by Crippen LogP contribution is 2.42. The van der Waals surface area contributed by atoms with Crippen molar-refractivity contribution in [2.75, 3.05) is 25.6 Å². The Bertz CT molecular complexity index is 787. The van der Waals surface area contributed by atoms with Crippen LogP contribution in [0, 0.1) is 6.92 Å². The number of hydrogen-bond donors (Lipinski definition) is 1. The zero-order valence-corrected chi connectivity index (χ0v) is 16.5. The molecule has 0 aliphatic heterocycles.